The minimum absolute atomic E-state index is 0.0435. The van der Waals surface area contributed by atoms with E-state index in [-0.39, 0.29) is 16.7 Å². The first-order chi connectivity index (χ1) is 12.9. The van der Waals surface area contributed by atoms with E-state index in [0.717, 1.165) is 11.4 Å². The van der Waals surface area contributed by atoms with Gasteiger partial charge in [0.25, 0.3) is 5.91 Å². The fourth-order valence-corrected chi connectivity index (χ4v) is 3.38. The molecule has 0 saturated heterocycles. The van der Waals surface area contributed by atoms with Gasteiger partial charge >= 0.3 is 0 Å². The molecule has 0 aliphatic carbocycles. The number of carbonyl (C=O) groups is 1. The number of nitriles is 1. The van der Waals surface area contributed by atoms with Crippen molar-refractivity contribution >= 4 is 17.3 Å². The fraction of sp³-hybridized carbons (Fsp3) is 0.182. The van der Waals surface area contributed by atoms with Crippen molar-refractivity contribution in [1.29, 1.82) is 5.26 Å². The molecule has 1 amide bonds. The second-order valence-corrected chi connectivity index (χ2v) is 6.88. The van der Waals surface area contributed by atoms with Gasteiger partial charge in [-0.25, -0.2) is 4.39 Å². The van der Waals surface area contributed by atoms with E-state index in [1.54, 1.807) is 12.1 Å². The number of hydrogen-bond donors (Lipinski definition) is 1. The van der Waals surface area contributed by atoms with E-state index in [2.05, 4.69) is 30.1 Å². The van der Waals surface area contributed by atoms with Gasteiger partial charge in [0, 0.05) is 23.8 Å². The fourth-order valence-electron chi connectivity index (χ4n) is 3.38. The molecular weight excluding hydrogens is 341 g/mol. The molecule has 0 radical (unpaired) electrons. The first-order valence-corrected chi connectivity index (χ1v) is 8.58. The van der Waals surface area contributed by atoms with Crippen LogP contribution in [-0.2, 0) is 10.2 Å². The summed E-state index contributed by atoms with van der Waals surface area (Å²) in [5.74, 6) is -1.19. The van der Waals surface area contributed by atoms with Crippen LogP contribution < -0.4 is 10.2 Å². The number of para-hydroxylation sites is 2. The van der Waals surface area contributed by atoms with Crippen molar-refractivity contribution in [3.05, 3.63) is 83.3 Å². The Morgan fingerprint density at radius 2 is 1.85 bits per heavy atom. The van der Waals surface area contributed by atoms with E-state index in [4.69, 9.17) is 0 Å². The summed E-state index contributed by atoms with van der Waals surface area (Å²) >= 11 is 0. The third-order valence-corrected chi connectivity index (χ3v) is 4.84. The molecule has 0 aromatic heterocycles. The number of nitrogens with one attached hydrogen (secondary N) is 1. The normalized spacial score (nSPS) is 16.8. The van der Waals surface area contributed by atoms with E-state index in [9.17, 15) is 14.4 Å². The first kappa shape index (κ1) is 18.4. The van der Waals surface area contributed by atoms with Crippen molar-refractivity contribution < 1.29 is 9.18 Å². The molecule has 0 atom stereocenters. The van der Waals surface area contributed by atoms with Crippen LogP contribution >= 0.6 is 0 Å². The lowest BCUT2D eigenvalue weighted by atomic mass is 9.83. The zero-order chi connectivity index (χ0) is 19.6. The number of carbonyl (C=O) groups excluding carboxylic acids is 1. The molecule has 2 aromatic rings. The Morgan fingerprint density at radius 3 is 2.52 bits per heavy atom. The van der Waals surface area contributed by atoms with Crippen LogP contribution in [0, 0.1) is 17.1 Å². The van der Waals surface area contributed by atoms with Crippen LogP contribution in [0.4, 0.5) is 15.8 Å². The zero-order valence-electron chi connectivity index (χ0n) is 15.5. The van der Waals surface area contributed by atoms with Gasteiger partial charge in [-0.3, -0.25) is 4.79 Å². The molecular formula is C22H20FN3O. The lowest BCUT2D eigenvalue weighted by Crippen LogP contribution is -2.22. The number of nitrogens with zero attached hydrogens (tertiary/aromatic N) is 2. The van der Waals surface area contributed by atoms with Gasteiger partial charge in [0.1, 0.15) is 17.5 Å². The highest BCUT2D eigenvalue weighted by Gasteiger charge is 2.37. The lowest BCUT2D eigenvalue weighted by molar-refractivity contribution is -0.112. The second kappa shape index (κ2) is 7.08. The third-order valence-electron chi connectivity index (χ3n) is 4.84. The van der Waals surface area contributed by atoms with Crippen LogP contribution in [0.1, 0.15) is 19.4 Å². The predicted molar refractivity (Wildman–Crippen MR) is 105 cm³/mol. The number of hydrogen-bond acceptors (Lipinski definition) is 3. The number of fused-ring (bicyclic) bond motifs is 1. The second-order valence-electron chi connectivity index (χ2n) is 6.88. The first-order valence-electron chi connectivity index (χ1n) is 8.58. The molecule has 0 bridgehead atoms. The standard InChI is InChI=1S/C22H20FN3O/c1-22(2)16-8-4-7-11-19(16)26(3)20(22)13-12-15(14-24)21(27)25-18-10-6-5-9-17(18)23/h4-13H,1-3H3,(H,25,27)/b15-12-,20-13+. The Hall–Kier alpha value is -3.39. The average molecular weight is 361 g/mol. The molecule has 0 unspecified atom stereocenters. The van der Waals surface area contributed by atoms with E-state index >= 15 is 0 Å². The molecule has 1 heterocycles. The zero-order valence-corrected chi connectivity index (χ0v) is 15.5. The quantitative estimate of drug-likeness (QED) is 0.646. The third kappa shape index (κ3) is 3.34. The number of benzene rings is 2. The molecule has 27 heavy (non-hydrogen) atoms. The Bertz CT molecular complexity index is 999. The topological polar surface area (TPSA) is 56.1 Å². The molecule has 0 fully saturated rings. The van der Waals surface area contributed by atoms with E-state index in [1.165, 1.54) is 29.8 Å². The van der Waals surface area contributed by atoms with Gasteiger partial charge in [-0.15, -0.1) is 0 Å². The molecule has 136 valence electrons. The van der Waals surface area contributed by atoms with Gasteiger partial charge in [0.05, 0.1) is 5.69 Å². The Kier molecular flexibility index (Phi) is 4.83. The Labute approximate surface area is 158 Å². The largest absolute Gasteiger partial charge is 0.347 e. The van der Waals surface area contributed by atoms with E-state index in [0.29, 0.717) is 0 Å². The summed E-state index contributed by atoms with van der Waals surface area (Å²) < 4.78 is 13.7. The summed E-state index contributed by atoms with van der Waals surface area (Å²) in [6, 6.07) is 15.8. The molecule has 0 spiro atoms. The van der Waals surface area contributed by atoms with Crippen LogP contribution in [0.2, 0.25) is 0 Å². The van der Waals surface area contributed by atoms with Crippen molar-refractivity contribution in [2.24, 2.45) is 0 Å². The van der Waals surface area contributed by atoms with Crippen LogP contribution in [-0.4, -0.2) is 13.0 Å². The average Bonchev–Trinajstić information content (AvgIpc) is 2.85. The lowest BCUT2D eigenvalue weighted by Gasteiger charge is -2.23. The summed E-state index contributed by atoms with van der Waals surface area (Å²) in [5, 5.41) is 11.8. The van der Waals surface area contributed by atoms with Crippen LogP contribution in [0.15, 0.2) is 72.0 Å². The van der Waals surface area contributed by atoms with Crippen LogP contribution in [0.5, 0.6) is 0 Å². The SMILES string of the molecule is CN1/C(=C/C=C(/C#N)C(=O)Nc2ccccc2F)C(C)(C)c2ccccc21. The van der Waals surface area contributed by atoms with Crippen LogP contribution in [0.25, 0.3) is 0 Å². The minimum atomic E-state index is -0.643. The highest BCUT2D eigenvalue weighted by atomic mass is 19.1. The molecule has 4 nitrogen and oxygen atoms in total. The van der Waals surface area contributed by atoms with E-state index in [1.807, 2.05) is 31.3 Å². The molecule has 5 heteroatoms. The van der Waals surface area contributed by atoms with Crippen LogP contribution in [0.3, 0.4) is 0 Å². The van der Waals surface area contributed by atoms with Crippen molar-refractivity contribution in [3.63, 3.8) is 0 Å². The minimum Gasteiger partial charge on any atom is -0.347 e. The summed E-state index contributed by atoms with van der Waals surface area (Å²) in [6.45, 7) is 4.20. The van der Waals surface area contributed by atoms with Gasteiger partial charge in [0.15, 0.2) is 0 Å². The molecule has 1 aliphatic heterocycles. The molecule has 2 aromatic carbocycles. The van der Waals surface area contributed by atoms with Crippen molar-refractivity contribution in [2.45, 2.75) is 19.3 Å². The number of halogens is 1. The Balaban J connectivity index is 1.90. The number of allylic oxidation sites excluding steroid dienone is 3. The predicted octanol–water partition coefficient (Wildman–Crippen LogP) is 4.53. The maximum Gasteiger partial charge on any atom is 0.266 e. The summed E-state index contributed by atoms with van der Waals surface area (Å²) in [6.07, 6.45) is 3.26. The molecule has 1 aliphatic rings. The number of likely N-dealkylation sites (N-methyl/N-ethyl adjacent to an activating group) is 1. The maximum absolute atomic E-state index is 13.7. The highest BCUT2D eigenvalue weighted by Crippen LogP contribution is 2.46. The van der Waals surface area contributed by atoms with Gasteiger partial charge in [0.2, 0.25) is 0 Å². The summed E-state index contributed by atoms with van der Waals surface area (Å²) in [5.41, 5.74) is 2.94. The number of amides is 1. The van der Waals surface area contributed by atoms with Gasteiger partial charge in [-0.05, 0) is 35.9 Å². The molecule has 0 saturated carbocycles. The molecule has 3 rings (SSSR count). The number of rotatable bonds is 3. The van der Waals surface area contributed by atoms with Gasteiger partial charge in [-0.1, -0.05) is 44.2 Å². The van der Waals surface area contributed by atoms with Crippen molar-refractivity contribution in [2.75, 3.05) is 17.3 Å². The Morgan fingerprint density at radius 1 is 1.19 bits per heavy atom. The maximum atomic E-state index is 13.7. The van der Waals surface area contributed by atoms with Gasteiger partial charge < -0.3 is 10.2 Å². The molecule has 1 N–H and O–H groups in total. The smallest absolute Gasteiger partial charge is 0.266 e. The van der Waals surface area contributed by atoms with Gasteiger partial charge in [-0.2, -0.15) is 5.26 Å². The number of anilines is 2. The van der Waals surface area contributed by atoms with Crippen molar-refractivity contribution in [1.82, 2.24) is 0 Å². The van der Waals surface area contributed by atoms with E-state index < -0.39 is 11.7 Å². The highest BCUT2D eigenvalue weighted by molar-refractivity contribution is 6.06. The van der Waals surface area contributed by atoms with Crippen molar-refractivity contribution in [3.8, 4) is 6.07 Å². The summed E-state index contributed by atoms with van der Waals surface area (Å²) in [7, 11) is 1.96. The summed E-state index contributed by atoms with van der Waals surface area (Å²) in [4.78, 5) is 14.4. The monoisotopic (exact) mass is 361 g/mol.